The van der Waals surface area contributed by atoms with Gasteiger partial charge in [0.1, 0.15) is 11.7 Å². The minimum atomic E-state index is -0.916. The van der Waals surface area contributed by atoms with Crippen LogP contribution in [0, 0.1) is 17.1 Å². The molecule has 1 heterocycles. The molecular weight excluding hydrogens is 311 g/mol. The molecule has 2 rings (SSSR count). The third-order valence-electron chi connectivity index (χ3n) is 2.63. The van der Waals surface area contributed by atoms with Crippen LogP contribution in [0.5, 0.6) is 0 Å². The molecule has 0 amide bonds. The molecule has 0 aliphatic rings. The summed E-state index contributed by atoms with van der Waals surface area (Å²) in [7, 11) is 0. The molecule has 19 heavy (non-hydrogen) atoms. The highest BCUT2D eigenvalue weighted by molar-refractivity contribution is 9.10. The number of carbonyl (C=O) groups excluding carboxylic acids is 1. The smallest absolute Gasteiger partial charge is 0.184 e. The van der Waals surface area contributed by atoms with Crippen LogP contribution in [0.15, 0.2) is 47.2 Å². The van der Waals surface area contributed by atoms with Crippen molar-refractivity contribution in [2.75, 3.05) is 0 Å². The minimum absolute atomic E-state index is 0.199. The van der Waals surface area contributed by atoms with E-state index in [9.17, 15) is 9.18 Å². The van der Waals surface area contributed by atoms with E-state index in [-0.39, 0.29) is 15.8 Å². The molecule has 1 unspecified atom stereocenters. The summed E-state index contributed by atoms with van der Waals surface area (Å²) >= 11 is 3.02. The monoisotopic (exact) mass is 318 g/mol. The number of hydrogen-bond acceptors (Lipinski definition) is 3. The van der Waals surface area contributed by atoms with Crippen molar-refractivity contribution in [1.82, 2.24) is 4.98 Å². The van der Waals surface area contributed by atoms with Gasteiger partial charge in [0, 0.05) is 18.0 Å². The van der Waals surface area contributed by atoms with E-state index in [0.717, 1.165) is 0 Å². The van der Waals surface area contributed by atoms with Crippen LogP contribution in [-0.4, -0.2) is 10.8 Å². The fourth-order valence-electron chi connectivity index (χ4n) is 1.66. The van der Waals surface area contributed by atoms with E-state index in [0.29, 0.717) is 5.56 Å². The molecule has 0 spiro atoms. The van der Waals surface area contributed by atoms with Crippen molar-refractivity contribution in [2.45, 2.75) is 5.92 Å². The first-order valence-electron chi connectivity index (χ1n) is 5.42. The van der Waals surface area contributed by atoms with Crippen LogP contribution in [0.4, 0.5) is 4.39 Å². The Morgan fingerprint density at radius 2 is 2.00 bits per heavy atom. The van der Waals surface area contributed by atoms with Crippen molar-refractivity contribution in [3.63, 3.8) is 0 Å². The fraction of sp³-hybridized carbons (Fsp3) is 0.0714. The van der Waals surface area contributed by atoms with Gasteiger partial charge in [-0.1, -0.05) is 0 Å². The Balaban J connectivity index is 2.37. The lowest BCUT2D eigenvalue weighted by atomic mass is 9.92. The maximum atomic E-state index is 13.1. The molecule has 1 aromatic heterocycles. The van der Waals surface area contributed by atoms with Crippen LogP contribution in [0.25, 0.3) is 0 Å². The molecule has 0 saturated heterocycles. The maximum absolute atomic E-state index is 13.1. The van der Waals surface area contributed by atoms with Crippen molar-refractivity contribution in [3.05, 3.63) is 64.1 Å². The first-order valence-corrected chi connectivity index (χ1v) is 6.21. The van der Waals surface area contributed by atoms with Gasteiger partial charge in [-0.3, -0.25) is 9.78 Å². The molecule has 0 aliphatic heterocycles. The first-order chi connectivity index (χ1) is 9.13. The lowest BCUT2D eigenvalue weighted by molar-refractivity contribution is 0.0978. The van der Waals surface area contributed by atoms with Crippen molar-refractivity contribution in [1.29, 1.82) is 5.26 Å². The maximum Gasteiger partial charge on any atom is 0.184 e. The van der Waals surface area contributed by atoms with Crippen molar-refractivity contribution in [3.8, 4) is 6.07 Å². The molecule has 0 saturated carbocycles. The third-order valence-corrected chi connectivity index (χ3v) is 3.24. The van der Waals surface area contributed by atoms with E-state index in [4.69, 9.17) is 5.26 Å². The number of aromatic nitrogens is 1. The predicted molar refractivity (Wildman–Crippen MR) is 71.0 cm³/mol. The average molecular weight is 319 g/mol. The van der Waals surface area contributed by atoms with Gasteiger partial charge in [-0.25, -0.2) is 4.39 Å². The number of hydrogen-bond donors (Lipinski definition) is 0. The van der Waals surface area contributed by atoms with E-state index in [1.165, 1.54) is 30.6 Å². The van der Waals surface area contributed by atoms with E-state index < -0.39 is 11.7 Å². The second-order valence-corrected chi connectivity index (χ2v) is 4.69. The topological polar surface area (TPSA) is 53.8 Å². The molecule has 3 nitrogen and oxygen atoms in total. The van der Waals surface area contributed by atoms with Crippen molar-refractivity contribution < 1.29 is 9.18 Å². The summed E-state index contributed by atoms with van der Waals surface area (Å²) in [6.07, 6.45) is 3.04. The normalized spacial score (nSPS) is 11.6. The molecule has 2 aromatic rings. The van der Waals surface area contributed by atoms with Gasteiger partial charge in [0.25, 0.3) is 0 Å². The minimum Gasteiger partial charge on any atom is -0.292 e. The van der Waals surface area contributed by atoms with Gasteiger partial charge in [0.2, 0.25) is 0 Å². The highest BCUT2D eigenvalue weighted by Gasteiger charge is 2.22. The van der Waals surface area contributed by atoms with Crippen LogP contribution in [0.2, 0.25) is 0 Å². The van der Waals surface area contributed by atoms with Crippen LogP contribution in [0.1, 0.15) is 21.8 Å². The third kappa shape index (κ3) is 2.85. The summed E-state index contributed by atoms with van der Waals surface area (Å²) < 4.78 is 13.3. The lowest BCUT2D eigenvalue weighted by Crippen LogP contribution is -2.11. The fourth-order valence-corrected chi connectivity index (χ4v) is 2.04. The van der Waals surface area contributed by atoms with Gasteiger partial charge >= 0.3 is 0 Å². The molecule has 0 N–H and O–H groups in total. The average Bonchev–Trinajstić information content (AvgIpc) is 2.44. The predicted octanol–water partition coefficient (Wildman–Crippen LogP) is 3.47. The number of benzene rings is 1. The molecule has 0 fully saturated rings. The zero-order chi connectivity index (χ0) is 13.8. The van der Waals surface area contributed by atoms with Crippen LogP contribution in [-0.2, 0) is 0 Å². The molecule has 0 radical (unpaired) electrons. The van der Waals surface area contributed by atoms with Crippen LogP contribution < -0.4 is 0 Å². The highest BCUT2D eigenvalue weighted by Crippen LogP contribution is 2.23. The van der Waals surface area contributed by atoms with Crippen molar-refractivity contribution in [2.24, 2.45) is 0 Å². The number of ketones is 1. The number of pyridine rings is 1. The SMILES string of the molecule is N#CC(C(=O)c1ccc(F)c(Br)c1)c1ccncc1. The van der Waals surface area contributed by atoms with Gasteiger partial charge in [-0.05, 0) is 51.8 Å². The Morgan fingerprint density at radius 3 is 2.58 bits per heavy atom. The Morgan fingerprint density at radius 1 is 1.32 bits per heavy atom. The second-order valence-electron chi connectivity index (χ2n) is 3.84. The van der Waals surface area contributed by atoms with Crippen molar-refractivity contribution >= 4 is 21.7 Å². The number of nitriles is 1. The molecule has 0 aliphatic carbocycles. The molecule has 5 heteroatoms. The van der Waals surface area contributed by atoms with E-state index in [2.05, 4.69) is 20.9 Å². The lowest BCUT2D eigenvalue weighted by Gasteiger charge is -2.08. The number of rotatable bonds is 3. The Kier molecular flexibility index (Phi) is 4.03. The Labute approximate surface area is 117 Å². The van der Waals surface area contributed by atoms with Gasteiger partial charge in [0.15, 0.2) is 5.78 Å². The summed E-state index contributed by atoms with van der Waals surface area (Å²) in [6.45, 7) is 0. The molecule has 94 valence electrons. The van der Waals surface area contributed by atoms with Gasteiger partial charge < -0.3 is 0 Å². The number of carbonyl (C=O) groups is 1. The van der Waals surface area contributed by atoms with Gasteiger partial charge in [0.05, 0.1) is 10.5 Å². The number of nitrogens with zero attached hydrogens (tertiary/aromatic N) is 2. The number of Topliss-reactive ketones (excluding diaryl/α,β-unsaturated/α-hetero) is 1. The number of halogens is 2. The molecule has 1 aromatic carbocycles. The van der Waals surface area contributed by atoms with E-state index >= 15 is 0 Å². The molecular formula is C14H8BrFN2O. The summed E-state index contributed by atoms with van der Waals surface area (Å²) in [5, 5.41) is 9.16. The van der Waals surface area contributed by atoms with Crippen LogP contribution in [0.3, 0.4) is 0 Å². The second kappa shape index (κ2) is 5.72. The zero-order valence-electron chi connectivity index (χ0n) is 9.68. The zero-order valence-corrected chi connectivity index (χ0v) is 11.3. The summed E-state index contributed by atoms with van der Waals surface area (Å²) in [4.78, 5) is 16.1. The van der Waals surface area contributed by atoms with E-state index in [1.54, 1.807) is 12.1 Å². The van der Waals surface area contributed by atoms with E-state index in [1.807, 2.05) is 6.07 Å². The Hall–Kier alpha value is -2.06. The highest BCUT2D eigenvalue weighted by atomic mass is 79.9. The molecule has 1 atom stereocenters. The molecule has 0 bridgehead atoms. The summed E-state index contributed by atoms with van der Waals surface area (Å²) in [6, 6.07) is 9.14. The largest absolute Gasteiger partial charge is 0.292 e. The quantitative estimate of drug-likeness (QED) is 0.814. The first kappa shape index (κ1) is 13.4. The Bertz CT molecular complexity index is 652. The van der Waals surface area contributed by atoms with Gasteiger partial charge in [-0.2, -0.15) is 5.26 Å². The summed E-state index contributed by atoms with van der Waals surface area (Å²) in [5.41, 5.74) is 0.861. The van der Waals surface area contributed by atoms with Crippen LogP contribution >= 0.6 is 15.9 Å². The standard InChI is InChI=1S/C14H8BrFN2O/c15-12-7-10(1-2-13(12)16)14(19)11(8-17)9-3-5-18-6-4-9/h1-7,11H. The summed E-state index contributed by atoms with van der Waals surface area (Å²) in [5.74, 6) is -1.73. The van der Waals surface area contributed by atoms with Gasteiger partial charge in [-0.15, -0.1) is 0 Å².